The van der Waals surface area contributed by atoms with Gasteiger partial charge in [0.15, 0.2) is 0 Å². The van der Waals surface area contributed by atoms with Crippen LogP contribution in [0.15, 0.2) is 46.9 Å². The van der Waals surface area contributed by atoms with Crippen LogP contribution in [0.25, 0.3) is 0 Å². The fourth-order valence-electron chi connectivity index (χ4n) is 2.18. The summed E-state index contributed by atoms with van der Waals surface area (Å²) < 4.78 is 0.923. The van der Waals surface area contributed by atoms with E-state index in [1.165, 1.54) is 5.56 Å². The Morgan fingerprint density at radius 2 is 1.85 bits per heavy atom. The minimum atomic E-state index is 0.0758. The molecular weight excluding hydrogens is 314 g/mol. The zero-order chi connectivity index (χ0) is 14.7. The summed E-state index contributed by atoms with van der Waals surface area (Å²) in [6.45, 7) is 4.97. The summed E-state index contributed by atoms with van der Waals surface area (Å²) >= 11 is 3.43. The number of aryl methyl sites for hydroxylation is 1. The minimum Gasteiger partial charge on any atom is -0.384 e. The maximum atomic E-state index is 7.77. The van der Waals surface area contributed by atoms with Crippen molar-refractivity contribution in [3.8, 4) is 0 Å². The van der Waals surface area contributed by atoms with Crippen LogP contribution in [-0.2, 0) is 0 Å². The largest absolute Gasteiger partial charge is 0.384 e. The third-order valence-electron chi connectivity index (χ3n) is 3.20. The molecule has 0 bridgehead atoms. The summed E-state index contributed by atoms with van der Waals surface area (Å²) in [5, 5.41) is 7.77. The van der Waals surface area contributed by atoms with Gasteiger partial charge in [-0.2, -0.15) is 0 Å². The van der Waals surface area contributed by atoms with Gasteiger partial charge in [-0.15, -0.1) is 0 Å². The number of rotatable bonds is 4. The molecule has 0 aliphatic rings. The fourth-order valence-corrected chi connectivity index (χ4v) is 2.54. The van der Waals surface area contributed by atoms with Crippen molar-refractivity contribution < 1.29 is 0 Å². The lowest BCUT2D eigenvalue weighted by Gasteiger charge is -2.26. The van der Waals surface area contributed by atoms with Gasteiger partial charge in [0.05, 0.1) is 5.69 Å². The molecule has 0 unspecified atom stereocenters. The summed E-state index contributed by atoms with van der Waals surface area (Å²) in [5.41, 5.74) is 9.73. The molecule has 104 valence electrons. The van der Waals surface area contributed by atoms with E-state index in [4.69, 9.17) is 11.1 Å². The van der Waals surface area contributed by atoms with Crippen molar-refractivity contribution in [2.75, 3.05) is 11.4 Å². The monoisotopic (exact) mass is 331 g/mol. The second-order valence-electron chi connectivity index (χ2n) is 4.65. The molecule has 0 spiro atoms. The van der Waals surface area contributed by atoms with Crippen LogP contribution in [0.2, 0.25) is 0 Å². The Hall–Kier alpha value is -1.81. The van der Waals surface area contributed by atoms with Gasteiger partial charge >= 0.3 is 0 Å². The predicted molar refractivity (Wildman–Crippen MR) is 89.0 cm³/mol. The van der Waals surface area contributed by atoms with E-state index in [0.717, 1.165) is 28.0 Å². The molecule has 0 fully saturated rings. The number of hydrogen-bond donors (Lipinski definition) is 2. The number of anilines is 2. The number of nitrogen functional groups attached to an aromatic ring is 1. The van der Waals surface area contributed by atoms with Crippen LogP contribution in [0.5, 0.6) is 0 Å². The van der Waals surface area contributed by atoms with Gasteiger partial charge in [-0.05, 0) is 44.2 Å². The molecule has 4 heteroatoms. The van der Waals surface area contributed by atoms with Crippen molar-refractivity contribution in [1.29, 1.82) is 5.41 Å². The first-order valence-electron chi connectivity index (χ1n) is 6.51. The van der Waals surface area contributed by atoms with Gasteiger partial charge < -0.3 is 10.6 Å². The van der Waals surface area contributed by atoms with Crippen LogP contribution in [0.4, 0.5) is 11.4 Å². The lowest BCUT2D eigenvalue weighted by Crippen LogP contribution is -2.21. The van der Waals surface area contributed by atoms with E-state index in [1.807, 2.05) is 18.2 Å². The molecule has 20 heavy (non-hydrogen) atoms. The fraction of sp³-hybridized carbons (Fsp3) is 0.188. The minimum absolute atomic E-state index is 0.0758. The van der Waals surface area contributed by atoms with E-state index in [-0.39, 0.29) is 5.84 Å². The van der Waals surface area contributed by atoms with Crippen LogP contribution in [0, 0.1) is 12.3 Å². The first kappa shape index (κ1) is 14.6. The normalized spacial score (nSPS) is 10.3. The number of nitrogens with two attached hydrogens (primary N) is 1. The van der Waals surface area contributed by atoms with Crippen molar-refractivity contribution in [1.82, 2.24) is 0 Å². The molecule has 0 saturated heterocycles. The molecule has 3 nitrogen and oxygen atoms in total. The van der Waals surface area contributed by atoms with Crippen LogP contribution in [0.1, 0.15) is 18.1 Å². The van der Waals surface area contributed by atoms with Gasteiger partial charge in [0.1, 0.15) is 5.84 Å². The number of hydrogen-bond acceptors (Lipinski definition) is 2. The van der Waals surface area contributed by atoms with Crippen LogP contribution in [0.3, 0.4) is 0 Å². The first-order chi connectivity index (χ1) is 9.52. The van der Waals surface area contributed by atoms with Gasteiger partial charge in [0.2, 0.25) is 0 Å². The van der Waals surface area contributed by atoms with Crippen molar-refractivity contribution in [2.45, 2.75) is 13.8 Å². The lowest BCUT2D eigenvalue weighted by atomic mass is 10.1. The number of nitrogens with zero attached hydrogens (tertiary/aromatic N) is 1. The lowest BCUT2D eigenvalue weighted by molar-refractivity contribution is 1.02. The molecular formula is C16H18BrN3. The summed E-state index contributed by atoms with van der Waals surface area (Å²) in [4.78, 5) is 2.16. The second-order valence-corrected chi connectivity index (χ2v) is 5.57. The highest BCUT2D eigenvalue weighted by Crippen LogP contribution is 2.30. The molecule has 0 amide bonds. The average Bonchev–Trinajstić information content (AvgIpc) is 2.43. The van der Waals surface area contributed by atoms with Crippen LogP contribution < -0.4 is 10.6 Å². The maximum Gasteiger partial charge on any atom is 0.124 e. The highest BCUT2D eigenvalue weighted by atomic mass is 79.9. The van der Waals surface area contributed by atoms with E-state index in [2.05, 4.69) is 58.9 Å². The number of amidine groups is 1. The molecule has 0 saturated carbocycles. The van der Waals surface area contributed by atoms with Crippen LogP contribution in [-0.4, -0.2) is 12.4 Å². The zero-order valence-electron chi connectivity index (χ0n) is 11.7. The number of nitrogens with one attached hydrogen (secondary N) is 1. The topological polar surface area (TPSA) is 53.1 Å². The predicted octanol–water partition coefficient (Wildman–Crippen LogP) is 4.20. The van der Waals surface area contributed by atoms with E-state index in [9.17, 15) is 0 Å². The van der Waals surface area contributed by atoms with Gasteiger partial charge in [-0.3, -0.25) is 5.41 Å². The Morgan fingerprint density at radius 1 is 1.20 bits per heavy atom. The molecule has 0 aliphatic heterocycles. The van der Waals surface area contributed by atoms with E-state index >= 15 is 0 Å². The van der Waals surface area contributed by atoms with Crippen molar-refractivity contribution in [3.05, 3.63) is 58.1 Å². The SMILES string of the molecule is CCN(c1ccc(C)cc1)c1ccc(Br)cc1C(=N)N. The molecule has 0 aliphatic carbocycles. The summed E-state index contributed by atoms with van der Waals surface area (Å²) in [7, 11) is 0. The highest BCUT2D eigenvalue weighted by molar-refractivity contribution is 9.10. The van der Waals surface area contributed by atoms with Crippen molar-refractivity contribution in [3.63, 3.8) is 0 Å². The van der Waals surface area contributed by atoms with E-state index in [0.29, 0.717) is 0 Å². The smallest absolute Gasteiger partial charge is 0.124 e. The molecule has 3 N–H and O–H groups in total. The van der Waals surface area contributed by atoms with Gasteiger partial charge in [0, 0.05) is 22.3 Å². The van der Waals surface area contributed by atoms with Gasteiger partial charge in [0.25, 0.3) is 0 Å². The highest BCUT2D eigenvalue weighted by Gasteiger charge is 2.14. The number of benzene rings is 2. The summed E-state index contributed by atoms with van der Waals surface area (Å²) in [6.07, 6.45) is 0. The molecule has 0 atom stereocenters. The third kappa shape index (κ3) is 3.02. The Labute approximate surface area is 128 Å². The van der Waals surface area contributed by atoms with Crippen molar-refractivity contribution >= 4 is 33.1 Å². The average molecular weight is 332 g/mol. The maximum absolute atomic E-state index is 7.77. The van der Waals surface area contributed by atoms with E-state index < -0.39 is 0 Å². The Balaban J connectivity index is 2.51. The summed E-state index contributed by atoms with van der Waals surface area (Å²) in [6, 6.07) is 14.2. The standard InChI is InChI=1S/C16H18BrN3/c1-3-20(13-7-4-11(2)5-8-13)15-9-6-12(17)10-14(15)16(18)19/h4-10H,3H2,1-2H3,(H3,18,19). The zero-order valence-corrected chi connectivity index (χ0v) is 13.2. The molecule has 0 heterocycles. The molecule has 0 radical (unpaired) electrons. The summed E-state index contributed by atoms with van der Waals surface area (Å²) in [5.74, 6) is 0.0758. The molecule has 2 rings (SSSR count). The van der Waals surface area contributed by atoms with Crippen LogP contribution >= 0.6 is 15.9 Å². The quantitative estimate of drug-likeness (QED) is 0.651. The van der Waals surface area contributed by atoms with Gasteiger partial charge in [-0.25, -0.2) is 0 Å². The van der Waals surface area contributed by atoms with Gasteiger partial charge in [-0.1, -0.05) is 33.6 Å². The van der Waals surface area contributed by atoms with E-state index in [1.54, 1.807) is 0 Å². The second kappa shape index (κ2) is 6.09. The Kier molecular flexibility index (Phi) is 4.45. The molecule has 2 aromatic carbocycles. The first-order valence-corrected chi connectivity index (χ1v) is 7.30. The molecule has 0 aromatic heterocycles. The molecule has 2 aromatic rings. The van der Waals surface area contributed by atoms with Crippen molar-refractivity contribution in [2.24, 2.45) is 5.73 Å². The number of halogens is 1. The Bertz CT molecular complexity index is 620. The third-order valence-corrected chi connectivity index (χ3v) is 3.69. The Morgan fingerprint density at radius 3 is 2.40 bits per heavy atom.